The summed E-state index contributed by atoms with van der Waals surface area (Å²) in [5.74, 6) is -0.342. The number of carbonyl (C=O) groups excluding carboxylic acids is 1. The fraction of sp³-hybridized carbons (Fsp3) is 0.111. The van der Waals surface area contributed by atoms with E-state index in [1.54, 1.807) is 25.1 Å². The van der Waals surface area contributed by atoms with Crippen molar-refractivity contribution in [2.75, 3.05) is 6.61 Å². The SMILES string of the molecule is Cc1cc(Cl)ccc1OCC(=O)NS(=O)(=O)c1csc(-c2ccccc2)n1. The summed E-state index contributed by atoms with van der Waals surface area (Å²) in [5.41, 5.74) is 1.54. The molecule has 27 heavy (non-hydrogen) atoms. The molecule has 0 aliphatic heterocycles. The first-order valence-corrected chi connectivity index (χ1v) is 10.5. The Bertz CT molecular complexity index is 1070. The number of thiazole rings is 1. The number of aromatic nitrogens is 1. The second-order valence-electron chi connectivity index (χ2n) is 5.58. The molecular formula is C18H15ClN2O4S2. The zero-order chi connectivity index (χ0) is 19.4. The summed E-state index contributed by atoms with van der Waals surface area (Å²) in [6.45, 7) is 1.33. The van der Waals surface area contributed by atoms with Crippen LogP contribution in [-0.2, 0) is 14.8 Å². The Labute approximate surface area is 165 Å². The van der Waals surface area contributed by atoms with Gasteiger partial charge in [0.25, 0.3) is 15.9 Å². The van der Waals surface area contributed by atoms with Crippen molar-refractivity contribution < 1.29 is 17.9 Å². The van der Waals surface area contributed by atoms with Gasteiger partial charge in [0, 0.05) is 16.0 Å². The van der Waals surface area contributed by atoms with Crippen LogP contribution in [0.3, 0.4) is 0 Å². The Morgan fingerprint density at radius 1 is 1.22 bits per heavy atom. The molecule has 0 spiro atoms. The topological polar surface area (TPSA) is 85.4 Å². The van der Waals surface area contributed by atoms with Crippen LogP contribution in [0.4, 0.5) is 0 Å². The fourth-order valence-electron chi connectivity index (χ4n) is 2.25. The van der Waals surface area contributed by atoms with Gasteiger partial charge in [-0.15, -0.1) is 11.3 Å². The number of hydrogen-bond acceptors (Lipinski definition) is 6. The molecule has 0 saturated heterocycles. The lowest BCUT2D eigenvalue weighted by molar-refractivity contribution is -0.121. The molecule has 2 aromatic carbocycles. The maximum absolute atomic E-state index is 12.3. The fourth-order valence-corrected chi connectivity index (χ4v) is 4.54. The number of aryl methyl sites for hydroxylation is 1. The Morgan fingerprint density at radius 3 is 2.67 bits per heavy atom. The Hall–Kier alpha value is -2.42. The Kier molecular flexibility index (Phi) is 5.79. The Morgan fingerprint density at radius 2 is 1.96 bits per heavy atom. The molecule has 1 N–H and O–H groups in total. The van der Waals surface area contributed by atoms with Gasteiger partial charge in [0.15, 0.2) is 11.6 Å². The van der Waals surface area contributed by atoms with Crippen molar-refractivity contribution in [3.05, 3.63) is 64.5 Å². The number of nitrogens with zero attached hydrogens (tertiary/aromatic N) is 1. The molecule has 1 aromatic heterocycles. The normalized spacial score (nSPS) is 11.2. The van der Waals surface area contributed by atoms with Crippen LogP contribution in [0.15, 0.2) is 58.9 Å². The summed E-state index contributed by atoms with van der Waals surface area (Å²) in [4.78, 5) is 16.1. The third kappa shape index (κ3) is 4.85. The van der Waals surface area contributed by atoms with E-state index < -0.39 is 22.5 Å². The molecule has 1 heterocycles. The molecule has 0 unspecified atom stereocenters. The van der Waals surface area contributed by atoms with Crippen LogP contribution in [-0.4, -0.2) is 25.9 Å². The lowest BCUT2D eigenvalue weighted by Crippen LogP contribution is -2.34. The maximum atomic E-state index is 12.3. The van der Waals surface area contributed by atoms with Crippen LogP contribution in [0.5, 0.6) is 5.75 Å². The van der Waals surface area contributed by atoms with Gasteiger partial charge in [0.05, 0.1) is 0 Å². The average Bonchev–Trinajstić information content (AvgIpc) is 3.12. The molecule has 0 fully saturated rings. The van der Waals surface area contributed by atoms with Crippen molar-refractivity contribution in [3.8, 4) is 16.3 Å². The van der Waals surface area contributed by atoms with Crippen molar-refractivity contribution in [2.24, 2.45) is 0 Å². The minimum absolute atomic E-state index is 0.206. The number of sulfonamides is 1. The Balaban J connectivity index is 1.65. The van der Waals surface area contributed by atoms with Gasteiger partial charge in [0.1, 0.15) is 10.8 Å². The van der Waals surface area contributed by atoms with Crippen molar-refractivity contribution in [2.45, 2.75) is 11.9 Å². The molecule has 0 bridgehead atoms. The highest BCUT2D eigenvalue weighted by atomic mass is 35.5. The summed E-state index contributed by atoms with van der Waals surface area (Å²) < 4.78 is 32.0. The zero-order valence-corrected chi connectivity index (χ0v) is 16.6. The number of nitrogens with one attached hydrogen (secondary N) is 1. The van der Waals surface area contributed by atoms with E-state index in [0.29, 0.717) is 15.8 Å². The average molecular weight is 423 g/mol. The van der Waals surface area contributed by atoms with E-state index in [9.17, 15) is 13.2 Å². The summed E-state index contributed by atoms with van der Waals surface area (Å²) >= 11 is 7.05. The lowest BCUT2D eigenvalue weighted by Gasteiger charge is -2.09. The van der Waals surface area contributed by atoms with Crippen molar-refractivity contribution >= 4 is 38.9 Å². The van der Waals surface area contributed by atoms with Crippen LogP contribution < -0.4 is 9.46 Å². The van der Waals surface area contributed by atoms with E-state index in [0.717, 1.165) is 11.1 Å². The monoisotopic (exact) mass is 422 g/mol. The van der Waals surface area contributed by atoms with Crippen molar-refractivity contribution in [3.63, 3.8) is 0 Å². The molecule has 0 aliphatic rings. The first-order valence-electron chi connectivity index (χ1n) is 7.81. The highest BCUT2D eigenvalue weighted by Crippen LogP contribution is 2.25. The first kappa shape index (κ1) is 19.3. The summed E-state index contributed by atoms with van der Waals surface area (Å²) in [6, 6.07) is 14.1. The third-order valence-corrected chi connectivity index (χ3v) is 6.05. The smallest absolute Gasteiger partial charge is 0.282 e. The van der Waals surface area contributed by atoms with E-state index in [2.05, 4.69) is 4.98 Å². The molecule has 3 aromatic rings. The van der Waals surface area contributed by atoms with Gasteiger partial charge in [-0.3, -0.25) is 4.79 Å². The molecule has 0 atom stereocenters. The standard InChI is InChI=1S/C18H15ClN2O4S2/c1-12-9-14(19)7-8-15(12)25-10-16(22)21-27(23,24)17-11-26-18(20-17)13-5-3-2-4-6-13/h2-9,11H,10H2,1H3,(H,21,22). The molecule has 140 valence electrons. The minimum atomic E-state index is -4.07. The lowest BCUT2D eigenvalue weighted by atomic mass is 10.2. The molecular weight excluding hydrogens is 408 g/mol. The molecule has 9 heteroatoms. The molecule has 0 saturated carbocycles. The molecule has 0 radical (unpaired) electrons. The maximum Gasteiger partial charge on any atom is 0.282 e. The van der Waals surface area contributed by atoms with Gasteiger partial charge in [-0.1, -0.05) is 41.9 Å². The van der Waals surface area contributed by atoms with E-state index in [4.69, 9.17) is 16.3 Å². The predicted octanol–water partition coefficient (Wildman–Crippen LogP) is 3.66. The van der Waals surface area contributed by atoms with E-state index >= 15 is 0 Å². The second-order valence-corrected chi connectivity index (χ2v) is 8.51. The summed E-state index contributed by atoms with van der Waals surface area (Å²) in [6.07, 6.45) is 0. The van der Waals surface area contributed by atoms with Crippen LogP contribution in [0, 0.1) is 6.92 Å². The molecule has 1 amide bonds. The number of carbonyl (C=O) groups is 1. The number of benzene rings is 2. The van der Waals surface area contributed by atoms with Crippen LogP contribution in [0.1, 0.15) is 5.56 Å². The number of ether oxygens (including phenoxy) is 1. The molecule has 3 rings (SSSR count). The van der Waals surface area contributed by atoms with Crippen LogP contribution >= 0.6 is 22.9 Å². The third-order valence-electron chi connectivity index (χ3n) is 3.52. The van der Waals surface area contributed by atoms with E-state index in [1.165, 1.54) is 16.7 Å². The van der Waals surface area contributed by atoms with E-state index in [-0.39, 0.29) is 5.03 Å². The van der Waals surface area contributed by atoms with Gasteiger partial charge in [-0.25, -0.2) is 9.71 Å². The molecule has 0 aliphatic carbocycles. The van der Waals surface area contributed by atoms with Gasteiger partial charge in [-0.2, -0.15) is 8.42 Å². The molecule has 6 nitrogen and oxygen atoms in total. The zero-order valence-electron chi connectivity index (χ0n) is 14.2. The van der Waals surface area contributed by atoms with Crippen molar-refractivity contribution in [1.29, 1.82) is 0 Å². The number of amides is 1. The van der Waals surface area contributed by atoms with Gasteiger partial charge < -0.3 is 4.74 Å². The summed E-state index contributed by atoms with van der Waals surface area (Å²) in [5, 5.41) is 2.28. The number of rotatable bonds is 6. The highest BCUT2D eigenvalue weighted by Gasteiger charge is 2.22. The van der Waals surface area contributed by atoms with Gasteiger partial charge >= 0.3 is 0 Å². The van der Waals surface area contributed by atoms with Crippen LogP contribution in [0.2, 0.25) is 5.02 Å². The second kappa shape index (κ2) is 8.08. The summed E-state index contributed by atoms with van der Waals surface area (Å²) in [7, 11) is -4.07. The van der Waals surface area contributed by atoms with Crippen LogP contribution in [0.25, 0.3) is 10.6 Å². The van der Waals surface area contributed by atoms with Crippen molar-refractivity contribution in [1.82, 2.24) is 9.71 Å². The van der Waals surface area contributed by atoms with Gasteiger partial charge in [0.2, 0.25) is 0 Å². The predicted molar refractivity (Wildman–Crippen MR) is 105 cm³/mol. The number of halogens is 1. The quantitative estimate of drug-likeness (QED) is 0.655. The van der Waals surface area contributed by atoms with E-state index in [1.807, 2.05) is 35.1 Å². The number of hydrogen-bond donors (Lipinski definition) is 1. The first-order chi connectivity index (χ1) is 12.8. The largest absolute Gasteiger partial charge is 0.483 e. The minimum Gasteiger partial charge on any atom is -0.483 e. The van der Waals surface area contributed by atoms with Gasteiger partial charge in [-0.05, 0) is 30.7 Å². The highest BCUT2D eigenvalue weighted by molar-refractivity contribution is 7.90.